The summed E-state index contributed by atoms with van der Waals surface area (Å²) in [6, 6.07) is 3.25. The van der Waals surface area contributed by atoms with Gasteiger partial charge in [0.1, 0.15) is 11.8 Å². The molecule has 1 N–H and O–H groups in total. The Labute approximate surface area is 113 Å². The molecule has 0 unspecified atom stereocenters. The summed E-state index contributed by atoms with van der Waals surface area (Å²) >= 11 is 0. The van der Waals surface area contributed by atoms with Crippen molar-refractivity contribution in [2.24, 2.45) is 0 Å². The second kappa shape index (κ2) is 6.41. The van der Waals surface area contributed by atoms with E-state index in [9.17, 15) is 9.59 Å². The fourth-order valence-corrected chi connectivity index (χ4v) is 2.28. The third-order valence-electron chi connectivity index (χ3n) is 3.37. The van der Waals surface area contributed by atoms with Crippen LogP contribution in [-0.2, 0) is 16.1 Å². The standard InChI is InChI=1S/C14H20N2O3/c1-2-3-8-15-14(18)12-6-7-13(17)16(12)10-11-5-4-9-19-11/h4-5,9,12H,2-3,6-8,10H2,1H3,(H,15,18)/t12-/m0/s1. The molecule has 104 valence electrons. The minimum Gasteiger partial charge on any atom is -0.467 e. The first-order chi connectivity index (χ1) is 9.22. The van der Waals surface area contributed by atoms with E-state index in [1.54, 1.807) is 17.2 Å². The molecule has 0 radical (unpaired) electrons. The van der Waals surface area contributed by atoms with Crippen LogP contribution in [0, 0.1) is 0 Å². The van der Waals surface area contributed by atoms with Crippen molar-refractivity contribution in [3.63, 3.8) is 0 Å². The Hall–Kier alpha value is -1.78. The number of hydrogen-bond acceptors (Lipinski definition) is 3. The highest BCUT2D eigenvalue weighted by Crippen LogP contribution is 2.21. The zero-order valence-corrected chi connectivity index (χ0v) is 11.2. The summed E-state index contributed by atoms with van der Waals surface area (Å²) in [7, 11) is 0. The van der Waals surface area contributed by atoms with Gasteiger partial charge in [-0.25, -0.2) is 0 Å². The fourth-order valence-electron chi connectivity index (χ4n) is 2.28. The average Bonchev–Trinajstić information content (AvgIpc) is 3.02. The molecule has 2 rings (SSSR count). The molecule has 0 spiro atoms. The molecule has 1 atom stereocenters. The lowest BCUT2D eigenvalue weighted by molar-refractivity contribution is -0.136. The van der Waals surface area contributed by atoms with E-state index in [-0.39, 0.29) is 17.9 Å². The highest BCUT2D eigenvalue weighted by atomic mass is 16.3. The molecule has 19 heavy (non-hydrogen) atoms. The van der Waals surface area contributed by atoms with Gasteiger partial charge in [-0.3, -0.25) is 9.59 Å². The molecule has 2 heterocycles. The first-order valence-corrected chi connectivity index (χ1v) is 6.82. The van der Waals surface area contributed by atoms with Crippen LogP contribution >= 0.6 is 0 Å². The lowest BCUT2D eigenvalue weighted by Crippen LogP contribution is -2.44. The van der Waals surface area contributed by atoms with Crippen LogP contribution in [-0.4, -0.2) is 29.3 Å². The number of hydrogen-bond donors (Lipinski definition) is 1. The van der Waals surface area contributed by atoms with Gasteiger partial charge >= 0.3 is 0 Å². The predicted molar refractivity (Wildman–Crippen MR) is 70.2 cm³/mol. The van der Waals surface area contributed by atoms with Gasteiger partial charge in [-0.2, -0.15) is 0 Å². The fraction of sp³-hybridized carbons (Fsp3) is 0.571. The van der Waals surface area contributed by atoms with Gasteiger partial charge in [0, 0.05) is 13.0 Å². The van der Waals surface area contributed by atoms with E-state index in [0.717, 1.165) is 12.8 Å². The molecule has 5 heteroatoms. The summed E-state index contributed by atoms with van der Waals surface area (Å²) in [6.07, 6.45) is 4.61. The van der Waals surface area contributed by atoms with Gasteiger partial charge in [0.15, 0.2) is 0 Å². The summed E-state index contributed by atoms with van der Waals surface area (Å²) in [5.41, 5.74) is 0. The maximum Gasteiger partial charge on any atom is 0.242 e. The number of nitrogens with one attached hydrogen (secondary N) is 1. The van der Waals surface area contributed by atoms with Gasteiger partial charge in [0.2, 0.25) is 11.8 Å². The van der Waals surface area contributed by atoms with Crippen LogP contribution in [0.4, 0.5) is 0 Å². The van der Waals surface area contributed by atoms with Gasteiger partial charge in [0.25, 0.3) is 0 Å². The minimum atomic E-state index is -0.352. The Balaban J connectivity index is 1.94. The van der Waals surface area contributed by atoms with Gasteiger partial charge in [-0.1, -0.05) is 13.3 Å². The third kappa shape index (κ3) is 3.36. The van der Waals surface area contributed by atoms with Gasteiger partial charge < -0.3 is 14.6 Å². The lowest BCUT2D eigenvalue weighted by Gasteiger charge is -2.23. The maximum absolute atomic E-state index is 12.1. The van der Waals surface area contributed by atoms with Crippen molar-refractivity contribution in [3.05, 3.63) is 24.2 Å². The SMILES string of the molecule is CCCCNC(=O)[C@@H]1CCC(=O)N1Cc1ccco1. The van der Waals surface area contributed by atoms with Crippen molar-refractivity contribution in [2.45, 2.75) is 45.2 Å². The van der Waals surface area contributed by atoms with Gasteiger partial charge in [-0.05, 0) is 25.0 Å². The summed E-state index contributed by atoms with van der Waals surface area (Å²) in [5, 5.41) is 2.89. The van der Waals surface area contributed by atoms with Crippen molar-refractivity contribution in [1.82, 2.24) is 10.2 Å². The van der Waals surface area contributed by atoms with E-state index in [1.807, 2.05) is 6.07 Å². The summed E-state index contributed by atoms with van der Waals surface area (Å²) in [6.45, 7) is 3.13. The number of furan rings is 1. The van der Waals surface area contributed by atoms with E-state index >= 15 is 0 Å². The molecule has 5 nitrogen and oxygen atoms in total. The van der Waals surface area contributed by atoms with E-state index in [0.29, 0.717) is 31.7 Å². The zero-order valence-electron chi connectivity index (χ0n) is 11.2. The van der Waals surface area contributed by atoms with Crippen LogP contribution in [0.3, 0.4) is 0 Å². The third-order valence-corrected chi connectivity index (χ3v) is 3.37. The highest BCUT2D eigenvalue weighted by Gasteiger charge is 2.36. The van der Waals surface area contributed by atoms with Gasteiger partial charge in [0.05, 0.1) is 12.8 Å². The highest BCUT2D eigenvalue weighted by molar-refractivity contribution is 5.90. The Morgan fingerprint density at radius 3 is 3.11 bits per heavy atom. The number of likely N-dealkylation sites (tertiary alicyclic amines) is 1. The van der Waals surface area contributed by atoms with Crippen molar-refractivity contribution >= 4 is 11.8 Å². The predicted octanol–water partition coefficient (Wildman–Crippen LogP) is 1.69. The molecule has 1 aliphatic rings. The van der Waals surface area contributed by atoms with Crippen molar-refractivity contribution in [2.75, 3.05) is 6.54 Å². The minimum absolute atomic E-state index is 0.0204. The molecular formula is C14H20N2O3. The normalized spacial score (nSPS) is 18.9. The quantitative estimate of drug-likeness (QED) is 0.795. The Kier molecular flexibility index (Phi) is 4.60. The lowest BCUT2D eigenvalue weighted by atomic mass is 10.2. The first-order valence-electron chi connectivity index (χ1n) is 6.82. The van der Waals surface area contributed by atoms with E-state index in [2.05, 4.69) is 12.2 Å². The molecule has 1 saturated heterocycles. The summed E-state index contributed by atoms with van der Waals surface area (Å²) in [5.74, 6) is 0.680. The van der Waals surface area contributed by atoms with Crippen molar-refractivity contribution < 1.29 is 14.0 Å². The van der Waals surface area contributed by atoms with E-state index in [4.69, 9.17) is 4.42 Å². The molecule has 1 fully saturated rings. The first kappa shape index (κ1) is 13.6. The number of carbonyl (C=O) groups excluding carboxylic acids is 2. The molecular weight excluding hydrogens is 244 g/mol. The van der Waals surface area contributed by atoms with Crippen LogP contribution in [0.2, 0.25) is 0 Å². The average molecular weight is 264 g/mol. The molecule has 1 aliphatic heterocycles. The molecule has 1 aromatic heterocycles. The van der Waals surface area contributed by atoms with Crippen LogP contribution in [0.15, 0.2) is 22.8 Å². The monoisotopic (exact) mass is 264 g/mol. The maximum atomic E-state index is 12.1. The molecule has 0 aromatic carbocycles. The number of rotatable bonds is 6. The summed E-state index contributed by atoms with van der Waals surface area (Å²) in [4.78, 5) is 25.5. The number of nitrogens with zero attached hydrogens (tertiary/aromatic N) is 1. The topological polar surface area (TPSA) is 62.6 Å². The Bertz CT molecular complexity index is 428. The smallest absolute Gasteiger partial charge is 0.242 e. The molecule has 0 bridgehead atoms. The second-order valence-electron chi connectivity index (χ2n) is 4.80. The number of unbranched alkanes of at least 4 members (excludes halogenated alkanes) is 1. The largest absolute Gasteiger partial charge is 0.467 e. The van der Waals surface area contributed by atoms with Gasteiger partial charge in [-0.15, -0.1) is 0 Å². The van der Waals surface area contributed by atoms with Crippen LogP contribution < -0.4 is 5.32 Å². The Morgan fingerprint density at radius 1 is 1.58 bits per heavy atom. The number of carbonyl (C=O) groups is 2. The number of amides is 2. The molecule has 0 aliphatic carbocycles. The van der Waals surface area contributed by atoms with Crippen LogP contribution in [0.5, 0.6) is 0 Å². The molecule has 1 aromatic rings. The van der Waals surface area contributed by atoms with Crippen LogP contribution in [0.25, 0.3) is 0 Å². The molecule has 2 amide bonds. The van der Waals surface area contributed by atoms with E-state index < -0.39 is 0 Å². The van der Waals surface area contributed by atoms with Crippen molar-refractivity contribution in [1.29, 1.82) is 0 Å². The van der Waals surface area contributed by atoms with E-state index in [1.165, 1.54) is 0 Å². The van der Waals surface area contributed by atoms with Crippen molar-refractivity contribution in [3.8, 4) is 0 Å². The Morgan fingerprint density at radius 2 is 2.42 bits per heavy atom. The zero-order chi connectivity index (χ0) is 13.7. The molecule has 0 saturated carbocycles. The van der Waals surface area contributed by atoms with Crippen LogP contribution in [0.1, 0.15) is 38.4 Å². The second-order valence-corrected chi connectivity index (χ2v) is 4.80. The summed E-state index contributed by atoms with van der Waals surface area (Å²) < 4.78 is 5.24.